The smallest absolute Gasteiger partial charge is 0.248 e. The van der Waals surface area contributed by atoms with E-state index < -0.39 is 11.7 Å². The van der Waals surface area contributed by atoms with Crippen LogP contribution < -0.4 is 10.5 Å². The fourth-order valence-corrected chi connectivity index (χ4v) is 1.53. The number of ether oxygens (including phenoxy) is 1. The van der Waals surface area contributed by atoms with Gasteiger partial charge in [-0.15, -0.1) is 0 Å². The van der Waals surface area contributed by atoms with Crippen molar-refractivity contribution in [3.8, 4) is 5.75 Å². The van der Waals surface area contributed by atoms with Crippen molar-refractivity contribution >= 4 is 5.91 Å². The first-order valence-corrected chi connectivity index (χ1v) is 5.42. The zero-order chi connectivity index (χ0) is 13.0. The lowest BCUT2D eigenvalue weighted by Crippen LogP contribution is -2.11. The van der Waals surface area contributed by atoms with Crippen molar-refractivity contribution in [3.05, 3.63) is 65.5 Å². The van der Waals surface area contributed by atoms with E-state index in [1.165, 1.54) is 12.1 Å². The summed E-state index contributed by atoms with van der Waals surface area (Å²) in [5.41, 5.74) is 6.15. The molecule has 4 heteroatoms. The van der Waals surface area contributed by atoms with Gasteiger partial charge in [-0.3, -0.25) is 4.79 Å². The molecule has 0 aliphatic rings. The Kier molecular flexibility index (Phi) is 3.57. The van der Waals surface area contributed by atoms with E-state index in [2.05, 4.69) is 0 Å². The lowest BCUT2D eigenvalue weighted by atomic mass is 10.2. The van der Waals surface area contributed by atoms with Crippen LogP contribution in [0.2, 0.25) is 0 Å². The van der Waals surface area contributed by atoms with E-state index >= 15 is 0 Å². The number of primary amides is 1. The van der Waals surface area contributed by atoms with E-state index in [9.17, 15) is 9.18 Å². The molecule has 0 spiro atoms. The molecule has 2 aromatic rings. The monoisotopic (exact) mass is 245 g/mol. The first-order valence-electron chi connectivity index (χ1n) is 5.42. The predicted octanol–water partition coefficient (Wildman–Crippen LogP) is 2.50. The molecular weight excluding hydrogens is 233 g/mol. The van der Waals surface area contributed by atoms with Gasteiger partial charge in [0.2, 0.25) is 5.91 Å². The molecule has 0 saturated carbocycles. The molecule has 1 amide bonds. The van der Waals surface area contributed by atoms with E-state index in [-0.39, 0.29) is 11.3 Å². The normalized spacial score (nSPS) is 10.1. The van der Waals surface area contributed by atoms with Gasteiger partial charge in [0.05, 0.1) is 0 Å². The minimum absolute atomic E-state index is 0.0954. The van der Waals surface area contributed by atoms with Crippen LogP contribution in [0, 0.1) is 5.82 Å². The molecule has 2 aromatic carbocycles. The number of carbonyl (C=O) groups is 1. The van der Waals surface area contributed by atoms with Crippen molar-refractivity contribution in [2.75, 3.05) is 0 Å². The molecule has 0 heterocycles. The summed E-state index contributed by atoms with van der Waals surface area (Å²) in [6.07, 6.45) is 0. The third-order valence-electron chi connectivity index (χ3n) is 2.40. The number of hydrogen-bond acceptors (Lipinski definition) is 2. The van der Waals surface area contributed by atoms with Gasteiger partial charge in [-0.05, 0) is 17.7 Å². The SMILES string of the molecule is NC(=O)c1cc(F)cc(OCc2ccccc2)c1. The van der Waals surface area contributed by atoms with Crippen LogP contribution in [-0.2, 0) is 6.61 Å². The molecule has 0 aliphatic heterocycles. The second-order valence-electron chi connectivity index (χ2n) is 3.81. The molecular formula is C14H12FNO2. The van der Waals surface area contributed by atoms with Gasteiger partial charge in [-0.25, -0.2) is 4.39 Å². The molecule has 2 N–H and O–H groups in total. The maximum absolute atomic E-state index is 13.2. The van der Waals surface area contributed by atoms with Crippen LogP contribution in [0.3, 0.4) is 0 Å². The van der Waals surface area contributed by atoms with Crippen molar-refractivity contribution in [1.29, 1.82) is 0 Å². The summed E-state index contributed by atoms with van der Waals surface area (Å²) in [5, 5.41) is 0. The van der Waals surface area contributed by atoms with Gasteiger partial charge in [0, 0.05) is 11.6 Å². The standard InChI is InChI=1S/C14H12FNO2/c15-12-6-11(14(16)17)7-13(8-12)18-9-10-4-2-1-3-5-10/h1-8H,9H2,(H2,16,17). The molecule has 0 saturated heterocycles. The fourth-order valence-electron chi connectivity index (χ4n) is 1.53. The highest BCUT2D eigenvalue weighted by molar-refractivity contribution is 5.93. The van der Waals surface area contributed by atoms with Gasteiger partial charge in [0.15, 0.2) is 0 Å². The number of hydrogen-bond donors (Lipinski definition) is 1. The maximum atomic E-state index is 13.2. The average Bonchev–Trinajstić information content (AvgIpc) is 2.37. The fraction of sp³-hybridized carbons (Fsp3) is 0.0714. The first kappa shape index (κ1) is 12.1. The molecule has 92 valence electrons. The minimum Gasteiger partial charge on any atom is -0.489 e. The number of amides is 1. The van der Waals surface area contributed by atoms with Gasteiger partial charge in [0.25, 0.3) is 0 Å². The second-order valence-corrected chi connectivity index (χ2v) is 3.81. The highest BCUT2D eigenvalue weighted by Crippen LogP contribution is 2.17. The van der Waals surface area contributed by atoms with Crippen LogP contribution in [0.4, 0.5) is 4.39 Å². The summed E-state index contributed by atoms with van der Waals surface area (Å²) in [4.78, 5) is 11.0. The minimum atomic E-state index is -0.681. The molecule has 0 radical (unpaired) electrons. The Hall–Kier alpha value is -2.36. The zero-order valence-corrected chi connectivity index (χ0v) is 9.60. The summed E-state index contributed by atoms with van der Waals surface area (Å²) in [7, 11) is 0. The van der Waals surface area contributed by atoms with Gasteiger partial charge in [0.1, 0.15) is 18.2 Å². The lowest BCUT2D eigenvalue weighted by molar-refractivity contribution is 0.0999. The van der Waals surface area contributed by atoms with Crippen molar-refractivity contribution in [1.82, 2.24) is 0 Å². The van der Waals surface area contributed by atoms with Crippen LogP contribution in [-0.4, -0.2) is 5.91 Å². The molecule has 0 aromatic heterocycles. The van der Waals surface area contributed by atoms with Crippen LogP contribution in [0.25, 0.3) is 0 Å². The Bertz CT molecular complexity index is 555. The third kappa shape index (κ3) is 3.07. The van der Waals surface area contributed by atoms with Gasteiger partial charge >= 0.3 is 0 Å². The number of rotatable bonds is 4. The van der Waals surface area contributed by atoms with E-state index in [1.807, 2.05) is 30.3 Å². The Morgan fingerprint density at radius 1 is 1.17 bits per heavy atom. The molecule has 0 fully saturated rings. The Balaban J connectivity index is 2.12. The Morgan fingerprint density at radius 2 is 1.89 bits per heavy atom. The van der Waals surface area contributed by atoms with Crippen molar-refractivity contribution in [3.63, 3.8) is 0 Å². The van der Waals surface area contributed by atoms with Crippen LogP contribution in [0.15, 0.2) is 48.5 Å². The van der Waals surface area contributed by atoms with Gasteiger partial charge in [-0.1, -0.05) is 30.3 Å². The summed E-state index contributed by atoms with van der Waals surface area (Å²) < 4.78 is 18.6. The van der Waals surface area contributed by atoms with E-state index in [0.29, 0.717) is 6.61 Å². The third-order valence-corrected chi connectivity index (χ3v) is 2.40. The highest BCUT2D eigenvalue weighted by atomic mass is 19.1. The van der Waals surface area contributed by atoms with Crippen molar-refractivity contribution in [2.45, 2.75) is 6.61 Å². The second kappa shape index (κ2) is 5.31. The summed E-state index contributed by atoms with van der Waals surface area (Å²) in [5.74, 6) is -0.943. The number of benzene rings is 2. The summed E-state index contributed by atoms with van der Waals surface area (Å²) >= 11 is 0. The molecule has 2 rings (SSSR count). The first-order chi connectivity index (χ1) is 8.65. The van der Waals surface area contributed by atoms with Crippen LogP contribution in [0.5, 0.6) is 5.75 Å². The molecule has 0 bridgehead atoms. The molecule has 0 unspecified atom stereocenters. The number of halogens is 1. The van der Waals surface area contributed by atoms with Crippen molar-refractivity contribution < 1.29 is 13.9 Å². The van der Waals surface area contributed by atoms with E-state index in [1.54, 1.807) is 0 Å². The van der Waals surface area contributed by atoms with Crippen LogP contribution in [0.1, 0.15) is 15.9 Å². The molecule has 3 nitrogen and oxygen atoms in total. The Morgan fingerprint density at radius 3 is 2.56 bits per heavy atom. The average molecular weight is 245 g/mol. The topological polar surface area (TPSA) is 52.3 Å². The predicted molar refractivity (Wildman–Crippen MR) is 65.7 cm³/mol. The highest BCUT2D eigenvalue weighted by Gasteiger charge is 2.06. The largest absolute Gasteiger partial charge is 0.489 e. The van der Waals surface area contributed by atoms with Gasteiger partial charge < -0.3 is 10.5 Å². The summed E-state index contributed by atoms with van der Waals surface area (Å²) in [6.45, 7) is 0.308. The lowest BCUT2D eigenvalue weighted by Gasteiger charge is -2.07. The van der Waals surface area contributed by atoms with Gasteiger partial charge in [-0.2, -0.15) is 0 Å². The Labute approximate surface area is 104 Å². The molecule has 18 heavy (non-hydrogen) atoms. The summed E-state index contributed by atoms with van der Waals surface area (Å²) in [6, 6.07) is 13.2. The van der Waals surface area contributed by atoms with E-state index in [4.69, 9.17) is 10.5 Å². The van der Waals surface area contributed by atoms with Crippen molar-refractivity contribution in [2.24, 2.45) is 5.73 Å². The van der Waals surface area contributed by atoms with E-state index in [0.717, 1.165) is 11.6 Å². The molecule has 0 atom stereocenters. The quantitative estimate of drug-likeness (QED) is 0.899. The number of nitrogens with two attached hydrogens (primary N) is 1. The number of carbonyl (C=O) groups excluding carboxylic acids is 1. The zero-order valence-electron chi connectivity index (χ0n) is 9.60. The maximum Gasteiger partial charge on any atom is 0.248 e. The molecule has 0 aliphatic carbocycles. The van der Waals surface area contributed by atoms with Crippen LogP contribution >= 0.6 is 0 Å².